The van der Waals surface area contributed by atoms with Crippen LogP contribution in [-0.4, -0.2) is 28.9 Å². The summed E-state index contributed by atoms with van der Waals surface area (Å²) in [5, 5.41) is 11.4. The fraction of sp³-hybridized carbons (Fsp3) is 0.250. The maximum absolute atomic E-state index is 12.1. The van der Waals surface area contributed by atoms with Crippen LogP contribution in [0.1, 0.15) is 27.2 Å². The van der Waals surface area contributed by atoms with Gasteiger partial charge < -0.3 is 10.0 Å². The SMILES string of the molecule is CN(Cc1ccc(C(=O)O)cc1)C(=O)CCc1cc(Cl)cs1. The summed E-state index contributed by atoms with van der Waals surface area (Å²) in [6.07, 6.45) is 1.11. The molecule has 1 aromatic carbocycles. The average molecular weight is 338 g/mol. The van der Waals surface area contributed by atoms with Crippen molar-refractivity contribution in [2.75, 3.05) is 7.05 Å². The molecule has 2 rings (SSSR count). The number of benzene rings is 1. The smallest absolute Gasteiger partial charge is 0.335 e. The van der Waals surface area contributed by atoms with Crippen LogP contribution in [0, 0.1) is 0 Å². The van der Waals surface area contributed by atoms with Gasteiger partial charge >= 0.3 is 5.97 Å². The lowest BCUT2D eigenvalue weighted by Crippen LogP contribution is -2.26. The first-order chi connectivity index (χ1) is 10.5. The van der Waals surface area contributed by atoms with E-state index in [-0.39, 0.29) is 11.5 Å². The molecule has 0 aliphatic rings. The Hall–Kier alpha value is -1.85. The van der Waals surface area contributed by atoms with Gasteiger partial charge in [0.25, 0.3) is 0 Å². The molecule has 0 saturated carbocycles. The van der Waals surface area contributed by atoms with Crippen molar-refractivity contribution >= 4 is 34.8 Å². The van der Waals surface area contributed by atoms with Gasteiger partial charge in [-0.3, -0.25) is 4.79 Å². The van der Waals surface area contributed by atoms with Crippen LogP contribution in [0.3, 0.4) is 0 Å². The monoisotopic (exact) mass is 337 g/mol. The predicted octanol–water partition coefficient (Wildman–Crippen LogP) is 3.69. The molecule has 22 heavy (non-hydrogen) atoms. The molecular weight excluding hydrogens is 322 g/mol. The molecule has 1 amide bonds. The second kappa shape index (κ2) is 7.42. The Morgan fingerprint density at radius 1 is 1.27 bits per heavy atom. The molecule has 116 valence electrons. The molecular formula is C16H16ClNO3S. The summed E-state index contributed by atoms with van der Waals surface area (Å²) in [6, 6.07) is 8.43. The third kappa shape index (κ3) is 4.58. The highest BCUT2D eigenvalue weighted by atomic mass is 35.5. The van der Waals surface area contributed by atoms with E-state index < -0.39 is 5.97 Å². The van der Waals surface area contributed by atoms with Crippen molar-refractivity contribution in [1.29, 1.82) is 0 Å². The van der Waals surface area contributed by atoms with Gasteiger partial charge in [0, 0.05) is 30.3 Å². The van der Waals surface area contributed by atoms with E-state index in [1.165, 1.54) is 0 Å². The van der Waals surface area contributed by atoms with Gasteiger partial charge in [0.15, 0.2) is 0 Å². The molecule has 0 aliphatic carbocycles. The molecule has 0 spiro atoms. The zero-order valence-electron chi connectivity index (χ0n) is 12.1. The summed E-state index contributed by atoms with van der Waals surface area (Å²) in [7, 11) is 1.74. The molecule has 2 aromatic rings. The number of carbonyl (C=O) groups excluding carboxylic acids is 1. The molecule has 0 bridgehead atoms. The van der Waals surface area contributed by atoms with E-state index >= 15 is 0 Å². The van der Waals surface area contributed by atoms with E-state index in [9.17, 15) is 9.59 Å². The van der Waals surface area contributed by atoms with Crippen LogP contribution in [0.4, 0.5) is 0 Å². The van der Waals surface area contributed by atoms with Gasteiger partial charge in [-0.2, -0.15) is 0 Å². The van der Waals surface area contributed by atoms with Crippen LogP contribution < -0.4 is 0 Å². The number of amides is 1. The van der Waals surface area contributed by atoms with Crippen molar-refractivity contribution in [2.24, 2.45) is 0 Å². The Kier molecular flexibility index (Phi) is 5.57. The van der Waals surface area contributed by atoms with Crippen LogP contribution in [-0.2, 0) is 17.8 Å². The van der Waals surface area contributed by atoms with Crippen molar-refractivity contribution in [3.63, 3.8) is 0 Å². The number of thiophene rings is 1. The molecule has 0 radical (unpaired) electrons. The lowest BCUT2D eigenvalue weighted by Gasteiger charge is -2.17. The van der Waals surface area contributed by atoms with Gasteiger partial charge in [-0.15, -0.1) is 11.3 Å². The van der Waals surface area contributed by atoms with Crippen molar-refractivity contribution in [3.8, 4) is 0 Å². The van der Waals surface area contributed by atoms with E-state index in [1.807, 2.05) is 11.4 Å². The molecule has 0 atom stereocenters. The molecule has 1 aromatic heterocycles. The Morgan fingerprint density at radius 2 is 1.95 bits per heavy atom. The Morgan fingerprint density at radius 3 is 2.50 bits per heavy atom. The number of hydrogen-bond acceptors (Lipinski definition) is 3. The number of rotatable bonds is 6. The third-order valence-electron chi connectivity index (χ3n) is 3.25. The lowest BCUT2D eigenvalue weighted by molar-refractivity contribution is -0.130. The normalized spacial score (nSPS) is 10.5. The standard InChI is InChI=1S/C16H16ClNO3S/c1-18(9-11-2-4-12(5-3-11)16(20)21)15(19)7-6-14-8-13(17)10-22-14/h2-5,8,10H,6-7,9H2,1H3,(H,20,21). The average Bonchev–Trinajstić information content (AvgIpc) is 2.91. The fourth-order valence-electron chi connectivity index (χ4n) is 2.02. The highest BCUT2D eigenvalue weighted by Crippen LogP contribution is 2.20. The highest BCUT2D eigenvalue weighted by Gasteiger charge is 2.11. The van der Waals surface area contributed by atoms with E-state index in [2.05, 4.69) is 0 Å². The van der Waals surface area contributed by atoms with Crippen molar-refractivity contribution in [3.05, 3.63) is 56.7 Å². The zero-order chi connectivity index (χ0) is 16.1. The number of hydrogen-bond donors (Lipinski definition) is 1. The zero-order valence-corrected chi connectivity index (χ0v) is 13.7. The molecule has 0 fully saturated rings. The van der Waals surface area contributed by atoms with E-state index in [0.717, 1.165) is 10.4 Å². The Balaban J connectivity index is 1.86. The van der Waals surface area contributed by atoms with Crippen molar-refractivity contribution in [2.45, 2.75) is 19.4 Å². The first-order valence-corrected chi connectivity index (χ1v) is 8.00. The van der Waals surface area contributed by atoms with Crippen LogP contribution in [0.25, 0.3) is 0 Å². The van der Waals surface area contributed by atoms with E-state index in [0.29, 0.717) is 24.4 Å². The summed E-state index contributed by atoms with van der Waals surface area (Å²) >= 11 is 7.41. The predicted molar refractivity (Wildman–Crippen MR) is 87.5 cm³/mol. The second-order valence-corrected chi connectivity index (χ2v) is 6.42. The number of carboxylic acids is 1. The molecule has 0 aliphatic heterocycles. The lowest BCUT2D eigenvalue weighted by atomic mass is 10.1. The largest absolute Gasteiger partial charge is 0.478 e. The third-order valence-corrected chi connectivity index (χ3v) is 4.60. The minimum Gasteiger partial charge on any atom is -0.478 e. The Bertz CT molecular complexity index is 666. The summed E-state index contributed by atoms with van der Waals surface area (Å²) < 4.78 is 0. The minimum atomic E-state index is -0.953. The van der Waals surface area contributed by atoms with Gasteiger partial charge in [0.05, 0.1) is 10.6 Å². The molecule has 1 heterocycles. The molecule has 6 heteroatoms. The maximum Gasteiger partial charge on any atom is 0.335 e. The van der Waals surface area contributed by atoms with Gasteiger partial charge in [-0.25, -0.2) is 4.79 Å². The van der Waals surface area contributed by atoms with E-state index in [4.69, 9.17) is 16.7 Å². The molecule has 0 saturated heterocycles. The molecule has 0 unspecified atom stereocenters. The number of aromatic carboxylic acids is 1. The van der Waals surface area contributed by atoms with Gasteiger partial charge in [0.1, 0.15) is 0 Å². The Labute approximate surface area is 137 Å². The van der Waals surface area contributed by atoms with Crippen molar-refractivity contribution < 1.29 is 14.7 Å². The van der Waals surface area contributed by atoms with Gasteiger partial charge in [-0.05, 0) is 30.2 Å². The van der Waals surface area contributed by atoms with Gasteiger partial charge in [-0.1, -0.05) is 23.7 Å². The quantitative estimate of drug-likeness (QED) is 0.874. The maximum atomic E-state index is 12.1. The van der Waals surface area contributed by atoms with Crippen LogP contribution in [0.2, 0.25) is 5.02 Å². The second-order valence-electron chi connectivity index (χ2n) is 4.98. The summed E-state index contributed by atoms with van der Waals surface area (Å²) in [5.74, 6) is -0.905. The molecule has 1 N–H and O–H groups in total. The van der Waals surface area contributed by atoms with Crippen molar-refractivity contribution in [1.82, 2.24) is 4.90 Å². The topological polar surface area (TPSA) is 57.6 Å². The van der Waals surface area contributed by atoms with Gasteiger partial charge in [0.2, 0.25) is 5.91 Å². The number of nitrogens with zero attached hydrogens (tertiary/aromatic N) is 1. The summed E-state index contributed by atoms with van der Waals surface area (Å²) in [5.41, 5.74) is 1.15. The van der Waals surface area contributed by atoms with Crippen LogP contribution in [0.15, 0.2) is 35.7 Å². The number of carboxylic acid groups (broad SMARTS) is 1. The number of halogens is 1. The molecule has 4 nitrogen and oxygen atoms in total. The minimum absolute atomic E-state index is 0.0480. The number of aryl methyl sites for hydroxylation is 1. The number of carbonyl (C=O) groups is 2. The van der Waals surface area contributed by atoms with E-state index in [1.54, 1.807) is 47.5 Å². The first-order valence-electron chi connectivity index (χ1n) is 6.75. The summed E-state index contributed by atoms with van der Waals surface area (Å²) in [6.45, 7) is 0.462. The van der Waals surface area contributed by atoms with Crippen LogP contribution >= 0.6 is 22.9 Å². The highest BCUT2D eigenvalue weighted by molar-refractivity contribution is 7.10. The first kappa shape index (κ1) is 16.5. The van der Waals surface area contributed by atoms with Crippen LogP contribution in [0.5, 0.6) is 0 Å². The summed E-state index contributed by atoms with van der Waals surface area (Å²) in [4.78, 5) is 25.6. The fourth-order valence-corrected chi connectivity index (χ4v) is 3.10.